The second-order valence-corrected chi connectivity index (χ2v) is 3.11. The van der Waals surface area contributed by atoms with Crippen LogP contribution in [-0.4, -0.2) is 38.8 Å². The van der Waals surface area contributed by atoms with Gasteiger partial charge in [-0.15, -0.1) is 5.10 Å². The quantitative estimate of drug-likeness (QED) is 0.573. The Morgan fingerprint density at radius 2 is 2.13 bits per heavy atom. The van der Waals surface area contributed by atoms with Crippen molar-refractivity contribution in [2.75, 3.05) is 11.9 Å². The van der Waals surface area contributed by atoms with E-state index in [1.807, 2.05) is 0 Å². The second-order valence-electron chi connectivity index (χ2n) is 3.11. The highest BCUT2D eigenvalue weighted by molar-refractivity contribution is 5.79. The summed E-state index contributed by atoms with van der Waals surface area (Å²) in [7, 11) is 0. The maximum atomic E-state index is 10.5. The lowest BCUT2D eigenvalue weighted by Gasteiger charge is -2.08. The number of anilines is 1. The van der Waals surface area contributed by atoms with Gasteiger partial charge < -0.3 is 16.2 Å². The van der Waals surface area contributed by atoms with Crippen LogP contribution >= 0.6 is 0 Å². The Bertz CT molecular complexity index is 368. The number of rotatable bonds is 4. The highest BCUT2D eigenvalue weighted by Crippen LogP contribution is 2.01. The number of primary amides is 1. The van der Waals surface area contributed by atoms with Crippen molar-refractivity contribution in [3.05, 3.63) is 11.4 Å². The monoisotopic (exact) mass is 211 g/mol. The Labute approximate surface area is 86.7 Å². The molecule has 1 atom stereocenters. The van der Waals surface area contributed by atoms with E-state index in [2.05, 4.69) is 20.5 Å². The minimum absolute atomic E-state index is 0.0283. The molecule has 1 aromatic rings. The fourth-order valence-electron chi connectivity index (χ4n) is 0.820. The number of amides is 1. The SMILES string of the molecule is Cc1nnc(NCC(O)C(N)=O)nc1C. The Morgan fingerprint density at radius 3 is 2.67 bits per heavy atom. The average molecular weight is 211 g/mol. The summed E-state index contributed by atoms with van der Waals surface area (Å²) < 4.78 is 0. The molecule has 1 rings (SSSR count). The fraction of sp³-hybridized carbons (Fsp3) is 0.500. The van der Waals surface area contributed by atoms with Crippen molar-refractivity contribution >= 4 is 11.9 Å². The van der Waals surface area contributed by atoms with Gasteiger partial charge in [-0.05, 0) is 13.8 Å². The van der Waals surface area contributed by atoms with Crippen molar-refractivity contribution in [3.8, 4) is 0 Å². The first-order valence-corrected chi connectivity index (χ1v) is 4.40. The number of nitrogens with two attached hydrogens (primary N) is 1. The summed E-state index contributed by atoms with van der Waals surface area (Å²) in [4.78, 5) is 14.6. The number of carbonyl (C=O) groups excluding carboxylic acids is 1. The molecule has 7 nitrogen and oxygen atoms in total. The highest BCUT2D eigenvalue weighted by Gasteiger charge is 2.11. The minimum Gasteiger partial charge on any atom is -0.381 e. The topological polar surface area (TPSA) is 114 Å². The highest BCUT2D eigenvalue weighted by atomic mass is 16.3. The molecule has 0 aliphatic carbocycles. The van der Waals surface area contributed by atoms with Crippen molar-refractivity contribution in [2.45, 2.75) is 20.0 Å². The molecular weight excluding hydrogens is 198 g/mol. The molecule has 0 aliphatic rings. The molecule has 4 N–H and O–H groups in total. The van der Waals surface area contributed by atoms with Gasteiger partial charge in [0.05, 0.1) is 17.9 Å². The van der Waals surface area contributed by atoms with E-state index < -0.39 is 12.0 Å². The van der Waals surface area contributed by atoms with Crippen molar-refractivity contribution in [1.82, 2.24) is 15.2 Å². The Balaban J connectivity index is 2.58. The van der Waals surface area contributed by atoms with Gasteiger partial charge >= 0.3 is 0 Å². The van der Waals surface area contributed by atoms with Gasteiger partial charge in [-0.2, -0.15) is 5.10 Å². The van der Waals surface area contributed by atoms with Gasteiger partial charge in [0.1, 0.15) is 6.10 Å². The number of hydrogen-bond donors (Lipinski definition) is 3. The molecule has 0 radical (unpaired) electrons. The van der Waals surface area contributed by atoms with Crippen LogP contribution in [0.2, 0.25) is 0 Å². The number of nitrogens with one attached hydrogen (secondary N) is 1. The van der Waals surface area contributed by atoms with Crippen LogP contribution in [0.1, 0.15) is 11.4 Å². The van der Waals surface area contributed by atoms with Gasteiger partial charge in [0.15, 0.2) is 0 Å². The van der Waals surface area contributed by atoms with Crippen LogP contribution in [0.15, 0.2) is 0 Å². The van der Waals surface area contributed by atoms with E-state index in [9.17, 15) is 4.79 Å². The zero-order chi connectivity index (χ0) is 11.4. The molecule has 0 saturated carbocycles. The summed E-state index contributed by atoms with van der Waals surface area (Å²) in [5, 5.41) is 19.3. The smallest absolute Gasteiger partial charge is 0.248 e. The van der Waals surface area contributed by atoms with Crippen molar-refractivity contribution < 1.29 is 9.90 Å². The maximum absolute atomic E-state index is 10.5. The maximum Gasteiger partial charge on any atom is 0.248 e. The average Bonchev–Trinajstić information content (AvgIpc) is 2.19. The number of nitrogens with zero attached hydrogens (tertiary/aromatic N) is 3. The fourth-order valence-corrected chi connectivity index (χ4v) is 0.820. The van der Waals surface area contributed by atoms with Gasteiger partial charge in [-0.1, -0.05) is 0 Å². The first-order chi connectivity index (χ1) is 7.00. The van der Waals surface area contributed by atoms with E-state index in [0.29, 0.717) is 0 Å². The third kappa shape index (κ3) is 3.13. The summed E-state index contributed by atoms with van der Waals surface area (Å²) in [6.07, 6.45) is -1.25. The van der Waals surface area contributed by atoms with Gasteiger partial charge in [0.25, 0.3) is 0 Å². The normalized spacial score (nSPS) is 12.2. The van der Waals surface area contributed by atoms with E-state index in [1.165, 1.54) is 0 Å². The van der Waals surface area contributed by atoms with E-state index in [4.69, 9.17) is 10.8 Å². The van der Waals surface area contributed by atoms with Crippen LogP contribution in [0.25, 0.3) is 0 Å². The lowest BCUT2D eigenvalue weighted by molar-refractivity contribution is -0.125. The lowest BCUT2D eigenvalue weighted by atomic mass is 10.3. The summed E-state index contributed by atoms with van der Waals surface area (Å²) in [5.74, 6) is -0.530. The predicted octanol–water partition coefficient (Wildman–Crippen LogP) is -1.25. The molecule has 0 aromatic carbocycles. The number of carbonyl (C=O) groups is 1. The molecule has 0 spiro atoms. The van der Waals surface area contributed by atoms with E-state index >= 15 is 0 Å². The molecule has 1 aromatic heterocycles. The van der Waals surface area contributed by atoms with Gasteiger partial charge in [-0.3, -0.25) is 4.79 Å². The molecule has 0 aliphatic heterocycles. The molecule has 0 bridgehead atoms. The molecule has 1 heterocycles. The number of aliphatic hydroxyl groups is 1. The van der Waals surface area contributed by atoms with Crippen molar-refractivity contribution in [3.63, 3.8) is 0 Å². The molecule has 7 heteroatoms. The first kappa shape index (κ1) is 11.3. The summed E-state index contributed by atoms with van der Waals surface area (Å²) in [6.45, 7) is 3.55. The first-order valence-electron chi connectivity index (χ1n) is 4.40. The van der Waals surface area contributed by atoms with E-state index in [1.54, 1.807) is 13.8 Å². The number of aliphatic hydroxyl groups excluding tert-OH is 1. The van der Waals surface area contributed by atoms with Crippen LogP contribution in [0.5, 0.6) is 0 Å². The zero-order valence-electron chi connectivity index (χ0n) is 8.56. The number of aryl methyl sites for hydroxylation is 2. The minimum atomic E-state index is -1.25. The molecule has 0 saturated heterocycles. The number of hydrogen-bond acceptors (Lipinski definition) is 6. The molecule has 15 heavy (non-hydrogen) atoms. The van der Waals surface area contributed by atoms with Crippen LogP contribution in [0.4, 0.5) is 5.95 Å². The Kier molecular flexibility index (Phi) is 3.51. The number of aromatic nitrogens is 3. The Hall–Kier alpha value is -1.76. The zero-order valence-corrected chi connectivity index (χ0v) is 8.56. The van der Waals surface area contributed by atoms with Crippen molar-refractivity contribution in [1.29, 1.82) is 0 Å². The summed E-state index contributed by atoms with van der Waals surface area (Å²) >= 11 is 0. The summed E-state index contributed by atoms with van der Waals surface area (Å²) in [5.41, 5.74) is 6.34. The van der Waals surface area contributed by atoms with E-state index in [-0.39, 0.29) is 12.5 Å². The van der Waals surface area contributed by atoms with Crippen LogP contribution in [0, 0.1) is 13.8 Å². The van der Waals surface area contributed by atoms with Crippen LogP contribution in [-0.2, 0) is 4.79 Å². The molecule has 1 amide bonds. The largest absolute Gasteiger partial charge is 0.381 e. The molecule has 0 fully saturated rings. The third-order valence-corrected chi connectivity index (χ3v) is 1.87. The predicted molar refractivity (Wildman–Crippen MR) is 53.0 cm³/mol. The second kappa shape index (κ2) is 4.65. The third-order valence-electron chi connectivity index (χ3n) is 1.87. The Morgan fingerprint density at radius 1 is 1.47 bits per heavy atom. The molecule has 82 valence electrons. The standard InChI is InChI=1S/C8H13N5O2/c1-4-5(2)12-13-8(11-4)10-3-6(14)7(9)15/h6,14H,3H2,1-2H3,(H2,9,15)(H,10,11,13). The summed E-state index contributed by atoms with van der Waals surface area (Å²) in [6, 6.07) is 0. The van der Waals surface area contributed by atoms with Gasteiger partial charge in [-0.25, -0.2) is 4.98 Å². The van der Waals surface area contributed by atoms with Crippen molar-refractivity contribution in [2.24, 2.45) is 5.73 Å². The lowest BCUT2D eigenvalue weighted by Crippen LogP contribution is -2.34. The molecular formula is C8H13N5O2. The van der Waals surface area contributed by atoms with Gasteiger partial charge in [0, 0.05) is 0 Å². The van der Waals surface area contributed by atoms with Crippen LogP contribution < -0.4 is 11.1 Å². The van der Waals surface area contributed by atoms with Gasteiger partial charge in [0.2, 0.25) is 11.9 Å². The van der Waals surface area contributed by atoms with Crippen LogP contribution in [0.3, 0.4) is 0 Å². The molecule has 1 unspecified atom stereocenters. The van der Waals surface area contributed by atoms with E-state index in [0.717, 1.165) is 11.4 Å².